The highest BCUT2D eigenvalue weighted by molar-refractivity contribution is 7.13. The van der Waals surface area contributed by atoms with Crippen LogP contribution in [0.2, 0.25) is 0 Å². The maximum atomic E-state index is 10.7. The molecular formula is C14H13N3O2S. The highest BCUT2D eigenvalue weighted by Crippen LogP contribution is 2.20. The first-order valence-corrected chi connectivity index (χ1v) is 6.92. The highest BCUT2D eigenvalue weighted by atomic mass is 32.1. The maximum absolute atomic E-state index is 10.7. The summed E-state index contributed by atoms with van der Waals surface area (Å²) in [6, 6.07) is 9.39. The molecule has 0 aliphatic heterocycles. The lowest BCUT2D eigenvalue weighted by Gasteiger charge is -2.21. The topological polar surface area (TPSA) is 77.2 Å². The monoisotopic (exact) mass is 287 g/mol. The van der Waals surface area contributed by atoms with Gasteiger partial charge >= 0.3 is 5.97 Å². The molecule has 2 rings (SSSR count). The summed E-state index contributed by atoms with van der Waals surface area (Å²) in [4.78, 5) is 16.9. The zero-order chi connectivity index (χ0) is 14.4. The van der Waals surface area contributed by atoms with Crippen molar-refractivity contribution in [2.24, 2.45) is 0 Å². The van der Waals surface area contributed by atoms with E-state index in [0.717, 1.165) is 10.7 Å². The number of aromatic nitrogens is 1. The predicted octanol–water partition coefficient (Wildman–Crippen LogP) is 2.50. The highest BCUT2D eigenvalue weighted by Gasteiger charge is 2.12. The van der Waals surface area contributed by atoms with E-state index in [2.05, 4.69) is 11.1 Å². The van der Waals surface area contributed by atoms with Gasteiger partial charge in [-0.2, -0.15) is 5.26 Å². The number of hydrogen-bond donors (Lipinski definition) is 1. The van der Waals surface area contributed by atoms with E-state index in [1.165, 1.54) is 11.3 Å². The van der Waals surface area contributed by atoms with Crippen molar-refractivity contribution in [3.63, 3.8) is 0 Å². The molecule has 1 aromatic carbocycles. The number of rotatable bonds is 6. The van der Waals surface area contributed by atoms with E-state index >= 15 is 0 Å². The van der Waals surface area contributed by atoms with Crippen LogP contribution in [0.15, 0.2) is 35.8 Å². The first-order valence-electron chi connectivity index (χ1n) is 6.04. The molecule has 0 saturated heterocycles. The van der Waals surface area contributed by atoms with Gasteiger partial charge in [0, 0.05) is 24.7 Å². The average Bonchev–Trinajstić information content (AvgIpc) is 2.97. The summed E-state index contributed by atoms with van der Waals surface area (Å²) < 4.78 is 0. The quantitative estimate of drug-likeness (QED) is 0.883. The van der Waals surface area contributed by atoms with Crippen molar-refractivity contribution >= 4 is 22.4 Å². The lowest BCUT2D eigenvalue weighted by molar-refractivity contribution is -0.136. The number of nitriles is 1. The molecule has 0 spiro atoms. The molecule has 0 unspecified atom stereocenters. The van der Waals surface area contributed by atoms with E-state index in [4.69, 9.17) is 10.4 Å². The van der Waals surface area contributed by atoms with Gasteiger partial charge in [0.25, 0.3) is 0 Å². The SMILES string of the molecule is N#Cc1cccc(CN(CCC(=O)O)c2nccs2)c1. The van der Waals surface area contributed by atoms with Gasteiger partial charge in [-0.05, 0) is 17.7 Å². The smallest absolute Gasteiger partial charge is 0.305 e. The molecule has 1 heterocycles. The first-order chi connectivity index (χ1) is 9.69. The van der Waals surface area contributed by atoms with Crippen molar-refractivity contribution < 1.29 is 9.90 Å². The van der Waals surface area contributed by atoms with Crippen molar-refractivity contribution in [1.29, 1.82) is 5.26 Å². The third-order valence-corrected chi connectivity index (χ3v) is 3.55. The predicted molar refractivity (Wildman–Crippen MR) is 76.6 cm³/mol. The molecule has 1 aromatic heterocycles. The molecule has 0 radical (unpaired) electrons. The molecule has 0 atom stereocenters. The third-order valence-electron chi connectivity index (χ3n) is 2.71. The Balaban J connectivity index is 2.14. The van der Waals surface area contributed by atoms with Crippen LogP contribution in [0.3, 0.4) is 0 Å². The fourth-order valence-electron chi connectivity index (χ4n) is 1.80. The van der Waals surface area contributed by atoms with E-state index in [9.17, 15) is 4.79 Å². The molecule has 0 bridgehead atoms. The van der Waals surface area contributed by atoms with Gasteiger partial charge < -0.3 is 10.0 Å². The fraction of sp³-hybridized carbons (Fsp3) is 0.214. The molecule has 0 saturated carbocycles. The molecule has 0 aliphatic rings. The van der Waals surface area contributed by atoms with Gasteiger partial charge in [-0.1, -0.05) is 12.1 Å². The van der Waals surface area contributed by atoms with E-state index in [1.54, 1.807) is 18.3 Å². The van der Waals surface area contributed by atoms with Crippen LogP contribution in [0.4, 0.5) is 5.13 Å². The lowest BCUT2D eigenvalue weighted by Crippen LogP contribution is -2.25. The largest absolute Gasteiger partial charge is 0.481 e. The third kappa shape index (κ3) is 3.80. The number of thiazole rings is 1. The van der Waals surface area contributed by atoms with Gasteiger partial charge in [0.05, 0.1) is 18.1 Å². The molecule has 2 aromatic rings. The van der Waals surface area contributed by atoms with Crippen molar-refractivity contribution in [2.75, 3.05) is 11.4 Å². The minimum absolute atomic E-state index is 0.0531. The van der Waals surface area contributed by atoms with Crippen LogP contribution in [-0.2, 0) is 11.3 Å². The molecule has 0 amide bonds. The summed E-state index contributed by atoms with van der Waals surface area (Å²) in [5.41, 5.74) is 1.56. The zero-order valence-electron chi connectivity index (χ0n) is 10.7. The molecule has 102 valence electrons. The minimum atomic E-state index is -0.836. The van der Waals surface area contributed by atoms with E-state index in [-0.39, 0.29) is 6.42 Å². The lowest BCUT2D eigenvalue weighted by atomic mass is 10.1. The minimum Gasteiger partial charge on any atom is -0.481 e. The van der Waals surface area contributed by atoms with Crippen molar-refractivity contribution in [3.8, 4) is 6.07 Å². The van der Waals surface area contributed by atoms with Crippen LogP contribution in [0, 0.1) is 11.3 Å². The number of carboxylic acids is 1. The van der Waals surface area contributed by atoms with E-state index < -0.39 is 5.97 Å². The number of carboxylic acid groups (broad SMARTS) is 1. The Labute approximate surface area is 120 Å². The molecule has 0 fully saturated rings. The summed E-state index contributed by atoms with van der Waals surface area (Å²) in [6.07, 6.45) is 1.75. The Kier molecular flexibility index (Phi) is 4.69. The number of nitrogens with zero attached hydrogens (tertiary/aromatic N) is 3. The van der Waals surface area contributed by atoms with Gasteiger partial charge in [0.2, 0.25) is 0 Å². The van der Waals surface area contributed by atoms with Crippen LogP contribution in [0.1, 0.15) is 17.5 Å². The molecule has 1 N–H and O–H groups in total. The van der Waals surface area contributed by atoms with E-state index in [0.29, 0.717) is 18.7 Å². The van der Waals surface area contributed by atoms with Crippen molar-refractivity contribution in [3.05, 3.63) is 47.0 Å². The van der Waals surface area contributed by atoms with Crippen molar-refractivity contribution in [1.82, 2.24) is 4.98 Å². The zero-order valence-corrected chi connectivity index (χ0v) is 11.5. The van der Waals surface area contributed by atoms with Gasteiger partial charge in [0.1, 0.15) is 0 Å². The van der Waals surface area contributed by atoms with Gasteiger partial charge in [0.15, 0.2) is 5.13 Å². The molecule has 20 heavy (non-hydrogen) atoms. The Hall–Kier alpha value is -2.39. The Morgan fingerprint density at radius 1 is 1.50 bits per heavy atom. The average molecular weight is 287 g/mol. The van der Waals surface area contributed by atoms with Crippen LogP contribution >= 0.6 is 11.3 Å². The summed E-state index contributed by atoms with van der Waals surface area (Å²) in [6.45, 7) is 0.927. The molecule has 5 nitrogen and oxygen atoms in total. The Morgan fingerprint density at radius 2 is 2.35 bits per heavy atom. The molecule has 6 heteroatoms. The second kappa shape index (κ2) is 6.68. The second-order valence-corrected chi connectivity index (χ2v) is 5.07. The summed E-state index contributed by atoms with van der Waals surface area (Å²) in [5.74, 6) is -0.836. The van der Waals surface area contributed by atoms with Crippen LogP contribution in [0.25, 0.3) is 0 Å². The van der Waals surface area contributed by atoms with Gasteiger partial charge in [-0.3, -0.25) is 4.79 Å². The number of anilines is 1. The summed E-state index contributed by atoms with van der Waals surface area (Å²) >= 11 is 1.47. The van der Waals surface area contributed by atoms with E-state index in [1.807, 2.05) is 22.4 Å². The molecule has 0 aliphatic carbocycles. The second-order valence-electron chi connectivity index (χ2n) is 4.19. The molecular weight excluding hydrogens is 274 g/mol. The Morgan fingerprint density at radius 3 is 3.00 bits per heavy atom. The van der Waals surface area contributed by atoms with Crippen LogP contribution in [0.5, 0.6) is 0 Å². The maximum Gasteiger partial charge on any atom is 0.305 e. The first kappa shape index (κ1) is 14.0. The van der Waals surface area contributed by atoms with Crippen LogP contribution < -0.4 is 4.90 Å². The number of benzene rings is 1. The summed E-state index contributed by atoms with van der Waals surface area (Å²) in [7, 11) is 0. The standard InChI is InChI=1S/C14H13N3O2S/c15-9-11-2-1-3-12(8-11)10-17(6-4-13(18)19)14-16-5-7-20-14/h1-3,5,7-8H,4,6,10H2,(H,18,19). The normalized spacial score (nSPS) is 9.95. The van der Waals surface area contributed by atoms with Gasteiger partial charge in [-0.15, -0.1) is 11.3 Å². The fourth-order valence-corrected chi connectivity index (χ4v) is 2.47. The van der Waals surface area contributed by atoms with Gasteiger partial charge in [-0.25, -0.2) is 4.98 Å². The van der Waals surface area contributed by atoms with Crippen molar-refractivity contribution in [2.45, 2.75) is 13.0 Å². The summed E-state index contributed by atoms with van der Waals surface area (Å²) in [5, 5.41) is 20.4. The number of aliphatic carboxylic acids is 1. The number of carbonyl (C=O) groups is 1. The number of hydrogen-bond acceptors (Lipinski definition) is 5. The Bertz CT molecular complexity index is 620. The van der Waals surface area contributed by atoms with Crippen LogP contribution in [-0.4, -0.2) is 22.6 Å².